The number of hydrogen-bond acceptors (Lipinski definition) is 9. The van der Waals surface area contributed by atoms with Crippen LogP contribution in [0.15, 0.2) is 65.6 Å². The Hall–Kier alpha value is -3.00. The number of benzene rings is 2. The number of alkyl carbamates (subject to hydrolysis) is 1. The van der Waals surface area contributed by atoms with Crippen molar-refractivity contribution in [3.63, 3.8) is 0 Å². The molecule has 0 bridgehead atoms. The standard InChI is InChI=1S/C34H46N2O9S/c1-41-27-13-14-32-26(22-27)24-42-18-10-5-3-2-4-9-17-36(46(32,39)40)23-30(37)29(21-25-11-7-6-8-12-25)35-34(38)45-31-16-20-44-33-28(31)15-19-43-33/h5-8,10-14,22,28-31,33,37H,2-4,9,15-21,23-24H2,1H3,(H,35,38)/b10-5-/t28-,29-,30+,31-,33+/m0/s1. The van der Waals surface area contributed by atoms with E-state index in [2.05, 4.69) is 11.4 Å². The van der Waals surface area contributed by atoms with Crippen LogP contribution in [0.5, 0.6) is 5.75 Å². The largest absolute Gasteiger partial charge is 0.497 e. The fourth-order valence-corrected chi connectivity index (χ4v) is 7.92. The molecule has 11 nitrogen and oxygen atoms in total. The van der Waals surface area contributed by atoms with Gasteiger partial charge in [0, 0.05) is 31.0 Å². The van der Waals surface area contributed by atoms with Gasteiger partial charge in [-0.3, -0.25) is 0 Å². The molecule has 0 aromatic heterocycles. The molecule has 3 aliphatic rings. The normalized spacial score (nSPS) is 26.0. The Balaban J connectivity index is 1.37. The third-order valence-electron chi connectivity index (χ3n) is 8.76. The van der Waals surface area contributed by atoms with Crippen molar-refractivity contribution >= 4 is 16.1 Å². The van der Waals surface area contributed by atoms with Gasteiger partial charge in [-0.15, -0.1) is 0 Å². The van der Waals surface area contributed by atoms with Gasteiger partial charge in [0.15, 0.2) is 6.29 Å². The molecular formula is C34H46N2O9S. The van der Waals surface area contributed by atoms with Crippen molar-refractivity contribution in [2.45, 2.75) is 81.0 Å². The second-order valence-electron chi connectivity index (χ2n) is 12.0. The topological polar surface area (TPSA) is 133 Å². The molecule has 2 aromatic carbocycles. The molecule has 2 saturated heterocycles. The molecule has 0 unspecified atom stereocenters. The second kappa shape index (κ2) is 16.7. The number of allylic oxidation sites excluding steroid dienone is 1. The van der Waals surface area contributed by atoms with Crippen LogP contribution in [-0.4, -0.2) is 88.5 Å². The summed E-state index contributed by atoms with van der Waals surface area (Å²) >= 11 is 0. The lowest BCUT2D eigenvalue weighted by Crippen LogP contribution is -2.52. The lowest BCUT2D eigenvalue weighted by molar-refractivity contribution is -0.179. The van der Waals surface area contributed by atoms with Crippen LogP contribution in [-0.2, 0) is 42.0 Å². The quantitative estimate of drug-likeness (QED) is 0.401. The van der Waals surface area contributed by atoms with Gasteiger partial charge in [-0.05, 0) is 55.9 Å². The van der Waals surface area contributed by atoms with E-state index in [1.54, 1.807) is 12.1 Å². The molecule has 2 N–H and O–H groups in total. The Morgan fingerprint density at radius 1 is 1.07 bits per heavy atom. The van der Waals surface area contributed by atoms with Crippen molar-refractivity contribution in [2.24, 2.45) is 5.92 Å². The summed E-state index contributed by atoms with van der Waals surface area (Å²) < 4.78 is 58.2. The number of aliphatic hydroxyl groups is 1. The number of methoxy groups -OCH3 is 1. The van der Waals surface area contributed by atoms with Gasteiger partial charge in [-0.25, -0.2) is 13.2 Å². The minimum Gasteiger partial charge on any atom is -0.497 e. The highest BCUT2D eigenvalue weighted by Crippen LogP contribution is 2.33. The molecule has 5 rings (SSSR count). The molecule has 252 valence electrons. The van der Waals surface area contributed by atoms with E-state index >= 15 is 0 Å². The van der Waals surface area contributed by atoms with E-state index in [4.69, 9.17) is 23.7 Å². The van der Waals surface area contributed by atoms with Crippen LogP contribution in [0.4, 0.5) is 4.79 Å². The molecule has 0 radical (unpaired) electrons. The average Bonchev–Trinajstić information content (AvgIpc) is 3.55. The number of carbonyl (C=O) groups is 1. The molecule has 0 saturated carbocycles. The highest BCUT2D eigenvalue weighted by Gasteiger charge is 2.41. The Labute approximate surface area is 271 Å². The average molecular weight is 659 g/mol. The number of hydrogen-bond donors (Lipinski definition) is 2. The van der Waals surface area contributed by atoms with Crippen LogP contribution in [0.25, 0.3) is 0 Å². The van der Waals surface area contributed by atoms with Crippen molar-refractivity contribution < 1.29 is 42.0 Å². The fourth-order valence-electron chi connectivity index (χ4n) is 6.23. The summed E-state index contributed by atoms with van der Waals surface area (Å²) in [6.07, 6.45) is 6.17. The number of sulfonamides is 1. The number of carbonyl (C=O) groups excluding carboxylic acids is 1. The predicted molar refractivity (Wildman–Crippen MR) is 171 cm³/mol. The smallest absolute Gasteiger partial charge is 0.407 e. The molecule has 12 heteroatoms. The summed E-state index contributed by atoms with van der Waals surface area (Å²) in [5.41, 5.74) is 1.35. The molecule has 1 amide bonds. The number of ether oxygens (including phenoxy) is 5. The van der Waals surface area contributed by atoms with Crippen LogP contribution < -0.4 is 10.1 Å². The van der Waals surface area contributed by atoms with Gasteiger partial charge >= 0.3 is 6.09 Å². The minimum absolute atomic E-state index is 0.0452. The van der Waals surface area contributed by atoms with Crippen LogP contribution >= 0.6 is 0 Å². The van der Waals surface area contributed by atoms with Crippen molar-refractivity contribution in [2.75, 3.05) is 40.0 Å². The zero-order chi connectivity index (χ0) is 32.4. The van der Waals surface area contributed by atoms with E-state index in [0.29, 0.717) is 44.0 Å². The Bertz CT molecular complexity index is 1400. The molecule has 46 heavy (non-hydrogen) atoms. The molecular weight excluding hydrogens is 612 g/mol. The highest BCUT2D eigenvalue weighted by atomic mass is 32.2. The van der Waals surface area contributed by atoms with Gasteiger partial charge in [0.25, 0.3) is 0 Å². The Morgan fingerprint density at radius 2 is 1.87 bits per heavy atom. The Morgan fingerprint density at radius 3 is 2.67 bits per heavy atom. The summed E-state index contributed by atoms with van der Waals surface area (Å²) in [4.78, 5) is 13.4. The zero-order valence-electron chi connectivity index (χ0n) is 26.4. The fraction of sp³-hybridized carbons (Fsp3) is 0.559. The van der Waals surface area contributed by atoms with Gasteiger partial charge in [-0.2, -0.15) is 4.31 Å². The number of rotatable bonds is 8. The molecule has 2 aromatic rings. The van der Waals surface area contributed by atoms with E-state index in [1.807, 2.05) is 36.4 Å². The number of β-amino-alcohol motifs (C(OH)–C–C–N with tert-alkyl or cyclic N) is 1. The van der Waals surface area contributed by atoms with Crippen molar-refractivity contribution in [1.82, 2.24) is 9.62 Å². The van der Waals surface area contributed by atoms with E-state index in [9.17, 15) is 18.3 Å². The summed E-state index contributed by atoms with van der Waals surface area (Å²) in [6.45, 7) is 1.41. The van der Waals surface area contributed by atoms with Crippen LogP contribution in [0.2, 0.25) is 0 Å². The lowest BCUT2D eigenvalue weighted by Gasteiger charge is -2.33. The van der Waals surface area contributed by atoms with E-state index < -0.39 is 28.3 Å². The number of fused-ring (bicyclic) bond motifs is 2. The van der Waals surface area contributed by atoms with E-state index in [0.717, 1.165) is 31.2 Å². The summed E-state index contributed by atoms with van der Waals surface area (Å²) in [5.74, 6) is 0.475. The predicted octanol–water partition coefficient (Wildman–Crippen LogP) is 4.18. The molecule has 3 heterocycles. The first-order valence-corrected chi connectivity index (χ1v) is 17.6. The summed E-state index contributed by atoms with van der Waals surface area (Å²) in [6, 6.07) is 13.5. The minimum atomic E-state index is -4.07. The van der Waals surface area contributed by atoms with Crippen LogP contribution in [0, 0.1) is 5.92 Å². The van der Waals surface area contributed by atoms with Gasteiger partial charge in [0.1, 0.15) is 11.9 Å². The first-order valence-electron chi connectivity index (χ1n) is 16.2. The first-order chi connectivity index (χ1) is 22.3. The van der Waals surface area contributed by atoms with Crippen molar-refractivity contribution in [3.05, 3.63) is 71.8 Å². The number of aliphatic hydroxyl groups excluding tert-OH is 1. The maximum absolute atomic E-state index is 14.3. The molecule has 5 atom stereocenters. The Kier molecular flexibility index (Phi) is 12.5. The summed E-state index contributed by atoms with van der Waals surface area (Å²) in [7, 11) is -2.54. The monoisotopic (exact) mass is 658 g/mol. The maximum atomic E-state index is 14.3. The SMILES string of the molecule is COc1ccc2c(c1)COC/C=C\CCCCCN(C[C@@H](O)[C@H](Cc1ccccc1)NC(=O)O[C@H]1CCO[C@H]3OCC[C@H]31)S2(=O)=O. The van der Waals surface area contributed by atoms with Crippen LogP contribution in [0.1, 0.15) is 49.7 Å². The van der Waals surface area contributed by atoms with Gasteiger partial charge in [0.2, 0.25) is 10.0 Å². The third-order valence-corrected chi connectivity index (χ3v) is 10.7. The van der Waals surface area contributed by atoms with Crippen molar-refractivity contribution in [3.8, 4) is 5.75 Å². The zero-order valence-corrected chi connectivity index (χ0v) is 27.2. The molecule has 0 aliphatic carbocycles. The molecule has 2 fully saturated rings. The maximum Gasteiger partial charge on any atom is 0.407 e. The molecule has 3 aliphatic heterocycles. The van der Waals surface area contributed by atoms with Gasteiger partial charge < -0.3 is 34.1 Å². The van der Waals surface area contributed by atoms with Crippen LogP contribution in [0.3, 0.4) is 0 Å². The van der Waals surface area contributed by atoms with Crippen molar-refractivity contribution in [1.29, 1.82) is 0 Å². The van der Waals surface area contributed by atoms with Gasteiger partial charge in [-0.1, -0.05) is 48.9 Å². The number of nitrogens with one attached hydrogen (secondary N) is 1. The number of amides is 1. The van der Waals surface area contributed by atoms with E-state index in [1.165, 1.54) is 17.5 Å². The number of nitrogens with zero attached hydrogens (tertiary/aromatic N) is 1. The first kappa shape index (κ1) is 34.3. The third kappa shape index (κ3) is 9.08. The van der Waals surface area contributed by atoms with Gasteiger partial charge in [0.05, 0.1) is 50.6 Å². The highest BCUT2D eigenvalue weighted by molar-refractivity contribution is 7.89. The second-order valence-corrected chi connectivity index (χ2v) is 13.9. The van der Waals surface area contributed by atoms with E-state index in [-0.39, 0.29) is 49.3 Å². The summed E-state index contributed by atoms with van der Waals surface area (Å²) in [5, 5.41) is 14.6. The lowest BCUT2D eigenvalue weighted by atomic mass is 9.95. The molecule has 0 spiro atoms.